The minimum absolute atomic E-state index is 0.152. The molecular weight excluding hydrogens is 217 g/mol. The van der Waals surface area contributed by atoms with E-state index in [2.05, 4.69) is 11.9 Å². The maximum absolute atomic E-state index is 12.5. The maximum atomic E-state index is 12.5. The molecular formula is C11H19F3N2. The molecule has 0 aromatic heterocycles. The topological polar surface area (TPSA) is 15.3 Å². The fraction of sp³-hybridized carbons (Fsp3) is 0.818. The molecule has 0 amide bonds. The summed E-state index contributed by atoms with van der Waals surface area (Å²) in [5.74, 6) is -1.14. The van der Waals surface area contributed by atoms with Crippen molar-refractivity contribution < 1.29 is 13.2 Å². The van der Waals surface area contributed by atoms with E-state index in [0.29, 0.717) is 19.5 Å². The van der Waals surface area contributed by atoms with Crippen LogP contribution < -0.4 is 5.32 Å². The van der Waals surface area contributed by atoms with Gasteiger partial charge in [-0.3, -0.25) is 0 Å². The lowest BCUT2D eigenvalue weighted by molar-refractivity contribution is -0.186. The van der Waals surface area contributed by atoms with Crippen LogP contribution in [0.4, 0.5) is 13.2 Å². The second-order valence-electron chi connectivity index (χ2n) is 4.17. The molecule has 1 N–H and O–H groups in total. The predicted octanol–water partition coefficient (Wildman–Crippen LogP) is 2.04. The van der Waals surface area contributed by atoms with Gasteiger partial charge in [0.25, 0.3) is 0 Å². The molecule has 16 heavy (non-hydrogen) atoms. The zero-order chi connectivity index (χ0) is 12.0. The molecule has 0 aromatic carbocycles. The quantitative estimate of drug-likeness (QED) is 0.580. The Labute approximate surface area is 94.5 Å². The predicted molar refractivity (Wildman–Crippen MR) is 58.3 cm³/mol. The third-order valence-electron chi connectivity index (χ3n) is 2.86. The molecule has 1 fully saturated rings. The first-order valence-corrected chi connectivity index (χ1v) is 5.64. The molecule has 2 nitrogen and oxygen atoms in total. The van der Waals surface area contributed by atoms with Gasteiger partial charge >= 0.3 is 6.18 Å². The van der Waals surface area contributed by atoms with Gasteiger partial charge in [0.2, 0.25) is 0 Å². The van der Waals surface area contributed by atoms with Crippen molar-refractivity contribution in [2.24, 2.45) is 5.92 Å². The van der Waals surface area contributed by atoms with Crippen molar-refractivity contribution in [3.63, 3.8) is 0 Å². The summed E-state index contributed by atoms with van der Waals surface area (Å²) in [6.07, 6.45) is -1.37. The third-order valence-corrected chi connectivity index (χ3v) is 2.86. The number of nitrogens with zero attached hydrogens (tertiary/aromatic N) is 1. The van der Waals surface area contributed by atoms with Gasteiger partial charge < -0.3 is 10.2 Å². The zero-order valence-electron chi connectivity index (χ0n) is 9.39. The van der Waals surface area contributed by atoms with E-state index in [-0.39, 0.29) is 13.0 Å². The summed E-state index contributed by atoms with van der Waals surface area (Å²) in [5.41, 5.74) is 0. The standard InChI is InChI=1S/C11H19F3N2/c1-2-5-15-6-8-16-7-3-4-10(9-16)11(12,13)14/h2,10,15H,1,3-9H2. The van der Waals surface area contributed by atoms with Gasteiger partial charge in [0, 0.05) is 26.2 Å². The summed E-state index contributed by atoms with van der Waals surface area (Å²) in [7, 11) is 0. The second-order valence-corrected chi connectivity index (χ2v) is 4.17. The van der Waals surface area contributed by atoms with E-state index in [9.17, 15) is 13.2 Å². The van der Waals surface area contributed by atoms with E-state index in [1.165, 1.54) is 0 Å². The minimum Gasteiger partial charge on any atom is -0.312 e. The number of likely N-dealkylation sites (tertiary alicyclic amines) is 1. The smallest absolute Gasteiger partial charge is 0.312 e. The summed E-state index contributed by atoms with van der Waals surface area (Å²) in [6, 6.07) is 0. The van der Waals surface area contributed by atoms with Crippen LogP contribution in [0.2, 0.25) is 0 Å². The largest absolute Gasteiger partial charge is 0.393 e. The molecule has 1 rings (SSSR count). The van der Waals surface area contributed by atoms with Gasteiger partial charge in [-0.1, -0.05) is 6.08 Å². The Bertz CT molecular complexity index is 216. The summed E-state index contributed by atoms with van der Waals surface area (Å²) < 4.78 is 37.5. The van der Waals surface area contributed by atoms with Crippen molar-refractivity contribution in [1.82, 2.24) is 10.2 Å². The minimum atomic E-state index is -4.03. The van der Waals surface area contributed by atoms with Crippen molar-refractivity contribution in [3.05, 3.63) is 12.7 Å². The maximum Gasteiger partial charge on any atom is 0.393 e. The average molecular weight is 236 g/mol. The van der Waals surface area contributed by atoms with Crippen molar-refractivity contribution in [2.45, 2.75) is 19.0 Å². The molecule has 1 unspecified atom stereocenters. The lowest BCUT2D eigenvalue weighted by Gasteiger charge is -2.33. The number of hydrogen-bond acceptors (Lipinski definition) is 2. The second kappa shape index (κ2) is 6.25. The molecule has 0 aliphatic carbocycles. The van der Waals surface area contributed by atoms with Gasteiger partial charge in [-0.25, -0.2) is 0 Å². The highest BCUT2D eigenvalue weighted by atomic mass is 19.4. The zero-order valence-corrected chi connectivity index (χ0v) is 9.39. The number of nitrogens with one attached hydrogen (secondary N) is 1. The van der Waals surface area contributed by atoms with Crippen LogP contribution in [0.15, 0.2) is 12.7 Å². The lowest BCUT2D eigenvalue weighted by Crippen LogP contribution is -2.44. The van der Waals surface area contributed by atoms with E-state index >= 15 is 0 Å². The monoisotopic (exact) mass is 236 g/mol. The Hall–Kier alpha value is -0.550. The van der Waals surface area contributed by atoms with Crippen molar-refractivity contribution >= 4 is 0 Å². The molecule has 1 atom stereocenters. The molecule has 1 aliphatic heterocycles. The van der Waals surface area contributed by atoms with Crippen LogP contribution in [-0.2, 0) is 0 Å². The van der Waals surface area contributed by atoms with Crippen LogP contribution in [0.5, 0.6) is 0 Å². The van der Waals surface area contributed by atoms with E-state index in [1.807, 2.05) is 4.90 Å². The van der Waals surface area contributed by atoms with E-state index < -0.39 is 12.1 Å². The fourth-order valence-electron chi connectivity index (χ4n) is 1.97. The van der Waals surface area contributed by atoms with Crippen molar-refractivity contribution in [2.75, 3.05) is 32.7 Å². The number of alkyl halides is 3. The highest BCUT2D eigenvalue weighted by molar-refractivity contribution is 4.78. The fourth-order valence-corrected chi connectivity index (χ4v) is 1.97. The van der Waals surface area contributed by atoms with Gasteiger partial charge in [-0.05, 0) is 19.4 Å². The molecule has 1 aliphatic rings. The van der Waals surface area contributed by atoms with Crippen molar-refractivity contribution in [1.29, 1.82) is 0 Å². The first-order chi connectivity index (χ1) is 7.54. The molecule has 0 saturated carbocycles. The van der Waals surface area contributed by atoms with Crippen LogP contribution in [-0.4, -0.2) is 43.8 Å². The van der Waals surface area contributed by atoms with Crippen LogP contribution >= 0.6 is 0 Å². The Kier molecular flexibility index (Phi) is 5.28. The first kappa shape index (κ1) is 13.5. The average Bonchev–Trinajstić information content (AvgIpc) is 2.24. The number of halogens is 3. The van der Waals surface area contributed by atoms with Crippen molar-refractivity contribution in [3.8, 4) is 0 Å². The van der Waals surface area contributed by atoms with Gasteiger partial charge in [0.1, 0.15) is 0 Å². The Morgan fingerprint density at radius 3 is 2.81 bits per heavy atom. The van der Waals surface area contributed by atoms with E-state index in [4.69, 9.17) is 0 Å². The molecule has 94 valence electrons. The molecule has 1 saturated heterocycles. The van der Waals surface area contributed by atoms with E-state index in [1.54, 1.807) is 6.08 Å². The van der Waals surface area contributed by atoms with Crippen LogP contribution in [0.1, 0.15) is 12.8 Å². The summed E-state index contributed by atoms with van der Waals surface area (Å²) >= 11 is 0. The van der Waals surface area contributed by atoms with E-state index in [0.717, 1.165) is 13.1 Å². The normalized spacial score (nSPS) is 23.3. The Morgan fingerprint density at radius 1 is 1.44 bits per heavy atom. The van der Waals surface area contributed by atoms with Crippen LogP contribution in [0, 0.1) is 5.92 Å². The van der Waals surface area contributed by atoms with Gasteiger partial charge in [0.15, 0.2) is 0 Å². The highest BCUT2D eigenvalue weighted by Gasteiger charge is 2.41. The SMILES string of the molecule is C=CCNCCN1CCCC(C(F)(F)F)C1. The summed E-state index contributed by atoms with van der Waals surface area (Å²) in [4.78, 5) is 1.89. The number of rotatable bonds is 5. The third kappa shape index (κ3) is 4.53. The molecule has 0 radical (unpaired) electrons. The van der Waals surface area contributed by atoms with Gasteiger partial charge in [-0.15, -0.1) is 6.58 Å². The number of piperidine rings is 1. The summed E-state index contributed by atoms with van der Waals surface area (Å²) in [5, 5.41) is 3.09. The first-order valence-electron chi connectivity index (χ1n) is 5.64. The molecule has 0 bridgehead atoms. The summed E-state index contributed by atoms with van der Waals surface area (Å²) in [6.45, 7) is 6.60. The van der Waals surface area contributed by atoms with Gasteiger partial charge in [-0.2, -0.15) is 13.2 Å². The number of hydrogen-bond donors (Lipinski definition) is 1. The Morgan fingerprint density at radius 2 is 2.19 bits per heavy atom. The van der Waals surface area contributed by atoms with Crippen LogP contribution in [0.25, 0.3) is 0 Å². The molecule has 0 spiro atoms. The lowest BCUT2D eigenvalue weighted by atomic mass is 9.97. The van der Waals surface area contributed by atoms with Crippen LogP contribution in [0.3, 0.4) is 0 Å². The molecule has 1 heterocycles. The highest BCUT2D eigenvalue weighted by Crippen LogP contribution is 2.32. The van der Waals surface area contributed by atoms with Gasteiger partial charge in [0.05, 0.1) is 5.92 Å². The molecule has 0 aromatic rings. The molecule has 5 heteroatoms. The Balaban J connectivity index is 2.25.